The highest BCUT2D eigenvalue weighted by atomic mass is 79.9. The van der Waals surface area contributed by atoms with E-state index in [0.717, 1.165) is 27.6 Å². The molecular weight excluding hydrogens is 292 g/mol. The maximum absolute atomic E-state index is 4.06. The van der Waals surface area contributed by atoms with Crippen LogP contribution >= 0.6 is 15.9 Å². The van der Waals surface area contributed by atoms with E-state index in [1.54, 1.807) is 12.4 Å². The molecule has 3 aromatic rings. The van der Waals surface area contributed by atoms with Gasteiger partial charge in [-0.1, -0.05) is 15.9 Å². The highest BCUT2D eigenvalue weighted by Gasteiger charge is 2.04. The number of aromatic nitrogens is 3. The zero-order chi connectivity index (χ0) is 12.4. The van der Waals surface area contributed by atoms with Gasteiger partial charge in [0.15, 0.2) is 0 Å². The first kappa shape index (κ1) is 11.2. The van der Waals surface area contributed by atoms with Crippen LogP contribution in [0.3, 0.4) is 0 Å². The smallest absolute Gasteiger partial charge is 0.0682 e. The number of nitrogens with one attached hydrogen (secondary N) is 2. The van der Waals surface area contributed by atoms with Crippen molar-refractivity contribution in [3.63, 3.8) is 0 Å². The molecule has 0 spiro atoms. The molecule has 0 radical (unpaired) electrons. The number of benzene rings is 1. The van der Waals surface area contributed by atoms with Crippen molar-refractivity contribution in [2.24, 2.45) is 0 Å². The van der Waals surface area contributed by atoms with Gasteiger partial charge in [-0.3, -0.25) is 10.1 Å². The fourth-order valence-electron chi connectivity index (χ4n) is 1.86. The van der Waals surface area contributed by atoms with Gasteiger partial charge in [0.25, 0.3) is 0 Å². The summed E-state index contributed by atoms with van der Waals surface area (Å²) in [6, 6.07) is 8.06. The van der Waals surface area contributed by atoms with Gasteiger partial charge in [-0.05, 0) is 29.8 Å². The highest BCUT2D eigenvalue weighted by molar-refractivity contribution is 9.10. The molecule has 0 saturated heterocycles. The molecule has 0 fully saturated rings. The second-order valence-corrected chi connectivity index (χ2v) is 4.91. The molecule has 0 saturated carbocycles. The second kappa shape index (κ2) is 4.78. The number of aromatic amines is 1. The molecule has 0 aliphatic heterocycles. The maximum atomic E-state index is 4.06. The molecule has 5 heteroatoms. The Morgan fingerprint density at radius 1 is 1.22 bits per heavy atom. The van der Waals surface area contributed by atoms with Crippen LogP contribution in [0.1, 0.15) is 5.56 Å². The fraction of sp³-hybridized carbons (Fsp3) is 0.0769. The Morgan fingerprint density at radius 3 is 2.89 bits per heavy atom. The maximum Gasteiger partial charge on any atom is 0.0682 e. The van der Waals surface area contributed by atoms with Crippen LogP contribution in [0.2, 0.25) is 0 Å². The molecule has 0 bridgehead atoms. The molecule has 2 N–H and O–H groups in total. The third-order valence-corrected chi connectivity index (χ3v) is 3.21. The SMILES string of the molecule is Brc1cc(NCc2ccncc2)c2cn[nH]c2c1. The predicted molar refractivity (Wildman–Crippen MR) is 75.4 cm³/mol. The van der Waals surface area contributed by atoms with Gasteiger partial charge >= 0.3 is 0 Å². The molecule has 0 amide bonds. The standard InChI is InChI=1S/C13H11BrN4/c14-10-5-12(11-8-17-18-13(11)6-10)16-7-9-1-3-15-4-2-9/h1-6,8,16H,7H2,(H,17,18). The van der Waals surface area contributed by atoms with Gasteiger partial charge in [-0.2, -0.15) is 5.10 Å². The molecule has 0 aliphatic carbocycles. The van der Waals surface area contributed by atoms with Crippen molar-refractivity contribution < 1.29 is 0 Å². The number of H-pyrrole nitrogens is 1. The van der Waals surface area contributed by atoms with Crippen LogP contribution in [0.5, 0.6) is 0 Å². The number of hydrogen-bond donors (Lipinski definition) is 2. The monoisotopic (exact) mass is 302 g/mol. The van der Waals surface area contributed by atoms with Crippen molar-refractivity contribution in [1.82, 2.24) is 15.2 Å². The van der Waals surface area contributed by atoms with Gasteiger partial charge in [0.2, 0.25) is 0 Å². The first-order valence-electron chi connectivity index (χ1n) is 5.58. The van der Waals surface area contributed by atoms with Gasteiger partial charge in [-0.25, -0.2) is 0 Å². The molecule has 0 atom stereocenters. The molecule has 18 heavy (non-hydrogen) atoms. The molecule has 90 valence electrons. The van der Waals surface area contributed by atoms with Crippen molar-refractivity contribution in [3.8, 4) is 0 Å². The molecule has 0 unspecified atom stereocenters. The Kier molecular flexibility index (Phi) is 2.98. The highest BCUT2D eigenvalue weighted by Crippen LogP contribution is 2.27. The molecule has 3 rings (SSSR count). The Labute approximate surface area is 113 Å². The van der Waals surface area contributed by atoms with Crippen LogP contribution < -0.4 is 5.32 Å². The van der Waals surface area contributed by atoms with E-state index in [-0.39, 0.29) is 0 Å². The van der Waals surface area contributed by atoms with Gasteiger partial charge < -0.3 is 5.32 Å². The molecular formula is C13H11BrN4. The number of pyridine rings is 1. The Morgan fingerprint density at radius 2 is 2.06 bits per heavy atom. The molecule has 4 nitrogen and oxygen atoms in total. The van der Waals surface area contributed by atoms with E-state index in [4.69, 9.17) is 0 Å². The third-order valence-electron chi connectivity index (χ3n) is 2.76. The second-order valence-electron chi connectivity index (χ2n) is 3.99. The van der Waals surface area contributed by atoms with Crippen molar-refractivity contribution in [3.05, 3.63) is 52.9 Å². The minimum Gasteiger partial charge on any atom is -0.380 e. The van der Waals surface area contributed by atoms with Crippen LogP contribution in [0.4, 0.5) is 5.69 Å². The van der Waals surface area contributed by atoms with Crippen LogP contribution in [0, 0.1) is 0 Å². The lowest BCUT2D eigenvalue weighted by Gasteiger charge is -2.08. The van der Waals surface area contributed by atoms with E-state index in [2.05, 4.69) is 42.5 Å². The zero-order valence-corrected chi connectivity index (χ0v) is 11.1. The number of halogens is 1. The largest absolute Gasteiger partial charge is 0.380 e. The zero-order valence-electron chi connectivity index (χ0n) is 9.52. The summed E-state index contributed by atoms with van der Waals surface area (Å²) >= 11 is 3.50. The number of nitrogens with zero attached hydrogens (tertiary/aromatic N) is 2. The number of anilines is 1. The average molecular weight is 303 g/mol. The van der Waals surface area contributed by atoms with E-state index >= 15 is 0 Å². The first-order valence-corrected chi connectivity index (χ1v) is 6.37. The fourth-order valence-corrected chi connectivity index (χ4v) is 2.32. The number of hydrogen-bond acceptors (Lipinski definition) is 3. The summed E-state index contributed by atoms with van der Waals surface area (Å²) in [6.07, 6.45) is 5.42. The normalized spacial score (nSPS) is 10.7. The van der Waals surface area contributed by atoms with Gasteiger partial charge in [0, 0.05) is 34.5 Å². The lowest BCUT2D eigenvalue weighted by atomic mass is 10.2. The van der Waals surface area contributed by atoms with Crippen LogP contribution in [-0.2, 0) is 6.54 Å². The van der Waals surface area contributed by atoms with Crippen molar-refractivity contribution >= 4 is 32.5 Å². The summed E-state index contributed by atoms with van der Waals surface area (Å²) in [5, 5.41) is 11.5. The molecule has 2 aromatic heterocycles. The molecule has 2 heterocycles. The summed E-state index contributed by atoms with van der Waals surface area (Å²) in [4.78, 5) is 4.01. The minimum absolute atomic E-state index is 0.763. The Bertz CT molecular complexity index is 663. The Balaban J connectivity index is 1.88. The summed E-state index contributed by atoms with van der Waals surface area (Å²) in [5.74, 6) is 0. The van der Waals surface area contributed by atoms with E-state index < -0.39 is 0 Å². The quantitative estimate of drug-likeness (QED) is 0.780. The molecule has 0 aliphatic rings. The Hall–Kier alpha value is -1.88. The van der Waals surface area contributed by atoms with Crippen molar-refractivity contribution in [2.75, 3.05) is 5.32 Å². The van der Waals surface area contributed by atoms with Crippen molar-refractivity contribution in [1.29, 1.82) is 0 Å². The van der Waals surface area contributed by atoms with E-state index in [1.165, 1.54) is 5.56 Å². The topological polar surface area (TPSA) is 53.6 Å². The van der Waals surface area contributed by atoms with Crippen molar-refractivity contribution in [2.45, 2.75) is 6.54 Å². The summed E-state index contributed by atoms with van der Waals surface area (Å²) in [6.45, 7) is 0.763. The van der Waals surface area contributed by atoms with Gasteiger partial charge in [0.05, 0.1) is 11.7 Å². The van der Waals surface area contributed by atoms with E-state index in [9.17, 15) is 0 Å². The average Bonchev–Trinajstić information content (AvgIpc) is 2.85. The molecule has 1 aromatic carbocycles. The summed E-state index contributed by atoms with van der Waals surface area (Å²) in [7, 11) is 0. The van der Waals surface area contributed by atoms with E-state index in [0.29, 0.717) is 0 Å². The van der Waals surface area contributed by atoms with Crippen LogP contribution in [0.25, 0.3) is 10.9 Å². The third kappa shape index (κ3) is 2.22. The minimum atomic E-state index is 0.763. The van der Waals surface area contributed by atoms with Crippen LogP contribution in [-0.4, -0.2) is 15.2 Å². The van der Waals surface area contributed by atoms with E-state index in [1.807, 2.05) is 24.4 Å². The van der Waals surface area contributed by atoms with Gasteiger partial charge in [-0.15, -0.1) is 0 Å². The van der Waals surface area contributed by atoms with Crippen LogP contribution in [0.15, 0.2) is 47.3 Å². The lowest BCUT2D eigenvalue weighted by molar-refractivity contribution is 1.12. The van der Waals surface area contributed by atoms with Gasteiger partial charge in [0.1, 0.15) is 0 Å². The first-order chi connectivity index (χ1) is 8.83. The summed E-state index contributed by atoms with van der Waals surface area (Å²) in [5.41, 5.74) is 3.27. The lowest BCUT2D eigenvalue weighted by Crippen LogP contribution is -1.99. The predicted octanol–water partition coefficient (Wildman–Crippen LogP) is 3.33. The number of fused-ring (bicyclic) bond motifs is 1. The number of rotatable bonds is 3. The summed E-state index contributed by atoms with van der Waals surface area (Å²) < 4.78 is 1.02.